The first kappa shape index (κ1) is 12.5. The van der Waals surface area contributed by atoms with E-state index < -0.39 is 0 Å². The summed E-state index contributed by atoms with van der Waals surface area (Å²) in [5.74, 6) is 0. The molecule has 0 bridgehead atoms. The topological polar surface area (TPSA) is 82.3 Å². The van der Waals surface area contributed by atoms with E-state index in [1.165, 1.54) is 0 Å². The van der Waals surface area contributed by atoms with Crippen molar-refractivity contribution in [2.75, 3.05) is 12.4 Å². The summed E-state index contributed by atoms with van der Waals surface area (Å²) in [6, 6.07) is 2.09. The molecule has 0 aliphatic carbocycles. The van der Waals surface area contributed by atoms with Crippen molar-refractivity contribution in [1.29, 1.82) is 5.26 Å². The number of aromatic amines is 1. The first-order chi connectivity index (χ1) is 9.65. The Kier molecular flexibility index (Phi) is 2.84. The van der Waals surface area contributed by atoms with Gasteiger partial charge >= 0.3 is 0 Å². The molecule has 20 heavy (non-hydrogen) atoms. The van der Waals surface area contributed by atoms with Crippen LogP contribution in [0.2, 0.25) is 5.02 Å². The third kappa shape index (κ3) is 1.72. The fraction of sp³-hybridized carbons (Fsp3) is 0.154. The molecule has 6 nitrogen and oxygen atoms in total. The minimum atomic E-state index is 0.358. The van der Waals surface area contributed by atoms with Gasteiger partial charge in [-0.15, -0.1) is 0 Å². The molecule has 0 radical (unpaired) electrons. The van der Waals surface area contributed by atoms with Gasteiger partial charge < -0.3 is 10.3 Å². The number of hydrogen-bond donors (Lipinski definition) is 2. The molecule has 0 atom stereocenters. The quantitative estimate of drug-likeness (QED) is 0.758. The number of H-pyrrole nitrogens is 1. The molecular formula is C13H11ClN6. The van der Waals surface area contributed by atoms with Gasteiger partial charge in [0.2, 0.25) is 0 Å². The number of aromatic nitrogens is 4. The molecule has 3 aromatic heterocycles. The summed E-state index contributed by atoms with van der Waals surface area (Å²) in [6.45, 7) is 0. The zero-order chi connectivity index (χ0) is 14.3. The Labute approximate surface area is 120 Å². The number of nitriles is 1. The molecule has 7 heteroatoms. The van der Waals surface area contributed by atoms with Crippen molar-refractivity contribution in [1.82, 2.24) is 19.7 Å². The van der Waals surface area contributed by atoms with Crippen LogP contribution in [0.5, 0.6) is 0 Å². The molecule has 0 aliphatic heterocycles. The number of hydrogen-bond acceptors (Lipinski definition) is 4. The molecule has 0 spiro atoms. The van der Waals surface area contributed by atoms with Crippen molar-refractivity contribution in [3.63, 3.8) is 0 Å². The van der Waals surface area contributed by atoms with Crippen molar-refractivity contribution < 1.29 is 0 Å². The first-order valence-corrected chi connectivity index (χ1v) is 6.31. The maximum absolute atomic E-state index is 9.19. The van der Waals surface area contributed by atoms with E-state index in [0.29, 0.717) is 16.4 Å². The van der Waals surface area contributed by atoms with E-state index in [1.807, 2.05) is 7.05 Å². The molecule has 0 saturated heterocycles. The molecule has 3 aromatic rings. The predicted molar refractivity (Wildman–Crippen MR) is 77.6 cm³/mol. The summed E-state index contributed by atoms with van der Waals surface area (Å²) in [6.07, 6.45) is 5.19. The molecule has 3 rings (SSSR count). The normalized spacial score (nSPS) is 10.7. The van der Waals surface area contributed by atoms with Gasteiger partial charge in [0.15, 0.2) is 5.69 Å². The van der Waals surface area contributed by atoms with Crippen molar-refractivity contribution >= 4 is 28.3 Å². The molecule has 0 saturated carbocycles. The highest BCUT2D eigenvalue weighted by Gasteiger charge is 2.18. The summed E-state index contributed by atoms with van der Waals surface area (Å²) in [7, 11) is 3.59. The highest BCUT2D eigenvalue weighted by molar-refractivity contribution is 6.36. The third-order valence-electron chi connectivity index (χ3n) is 3.13. The van der Waals surface area contributed by atoms with Gasteiger partial charge in [0.25, 0.3) is 0 Å². The van der Waals surface area contributed by atoms with E-state index >= 15 is 0 Å². The lowest BCUT2D eigenvalue weighted by Crippen LogP contribution is -1.95. The minimum absolute atomic E-state index is 0.358. The maximum Gasteiger partial charge on any atom is 0.170 e. The summed E-state index contributed by atoms with van der Waals surface area (Å²) in [5.41, 5.74) is 3.41. The lowest BCUT2D eigenvalue weighted by atomic mass is 10.1. The Morgan fingerprint density at radius 2 is 2.25 bits per heavy atom. The number of aryl methyl sites for hydroxylation is 1. The van der Waals surface area contributed by atoms with Crippen LogP contribution in [-0.2, 0) is 7.05 Å². The van der Waals surface area contributed by atoms with Gasteiger partial charge in [0, 0.05) is 43.8 Å². The van der Waals surface area contributed by atoms with Gasteiger partial charge in [-0.25, -0.2) is 4.98 Å². The lowest BCUT2D eigenvalue weighted by molar-refractivity contribution is 0.763. The average molecular weight is 287 g/mol. The SMILES string of the molecule is CNc1c(-c2cn(C)nc2C#N)cnc2[nH]cc(Cl)c12. The van der Waals surface area contributed by atoms with Crippen LogP contribution in [0.15, 0.2) is 18.6 Å². The Morgan fingerprint density at radius 1 is 1.45 bits per heavy atom. The lowest BCUT2D eigenvalue weighted by Gasteiger charge is -2.09. The monoisotopic (exact) mass is 286 g/mol. The Morgan fingerprint density at radius 3 is 2.95 bits per heavy atom. The molecule has 3 heterocycles. The number of fused-ring (bicyclic) bond motifs is 1. The van der Waals surface area contributed by atoms with Crippen LogP contribution in [0.1, 0.15) is 5.69 Å². The second kappa shape index (κ2) is 4.54. The van der Waals surface area contributed by atoms with Crippen LogP contribution in [0, 0.1) is 11.3 Å². The van der Waals surface area contributed by atoms with E-state index in [9.17, 15) is 5.26 Å². The number of halogens is 1. The summed E-state index contributed by atoms with van der Waals surface area (Å²) < 4.78 is 1.61. The zero-order valence-electron chi connectivity index (χ0n) is 10.9. The van der Waals surface area contributed by atoms with E-state index in [2.05, 4.69) is 26.5 Å². The maximum atomic E-state index is 9.19. The van der Waals surface area contributed by atoms with E-state index in [0.717, 1.165) is 22.2 Å². The second-order valence-electron chi connectivity index (χ2n) is 4.33. The van der Waals surface area contributed by atoms with Crippen LogP contribution in [-0.4, -0.2) is 26.8 Å². The molecule has 0 aromatic carbocycles. The van der Waals surface area contributed by atoms with Crippen molar-refractivity contribution in [3.8, 4) is 17.2 Å². The molecule has 0 unspecified atom stereocenters. The highest BCUT2D eigenvalue weighted by atomic mass is 35.5. The molecule has 2 N–H and O–H groups in total. The van der Waals surface area contributed by atoms with Crippen molar-refractivity contribution in [2.24, 2.45) is 7.05 Å². The van der Waals surface area contributed by atoms with Crippen molar-refractivity contribution in [2.45, 2.75) is 0 Å². The van der Waals surface area contributed by atoms with E-state index in [-0.39, 0.29) is 0 Å². The molecule has 0 aliphatic rings. The first-order valence-electron chi connectivity index (χ1n) is 5.93. The van der Waals surface area contributed by atoms with Gasteiger partial charge in [0.05, 0.1) is 16.1 Å². The van der Waals surface area contributed by atoms with Crippen LogP contribution in [0.4, 0.5) is 5.69 Å². The minimum Gasteiger partial charge on any atom is -0.387 e. The number of rotatable bonds is 2. The van der Waals surface area contributed by atoms with E-state index in [4.69, 9.17) is 11.6 Å². The number of anilines is 1. The van der Waals surface area contributed by atoms with Crippen LogP contribution in [0.3, 0.4) is 0 Å². The fourth-order valence-electron chi connectivity index (χ4n) is 2.29. The largest absolute Gasteiger partial charge is 0.387 e. The van der Waals surface area contributed by atoms with Gasteiger partial charge in [0.1, 0.15) is 11.7 Å². The predicted octanol–water partition coefficient (Wildman–Crippen LogP) is 2.53. The second-order valence-corrected chi connectivity index (χ2v) is 4.74. The van der Waals surface area contributed by atoms with Gasteiger partial charge in [-0.05, 0) is 0 Å². The van der Waals surface area contributed by atoms with E-state index in [1.54, 1.807) is 30.3 Å². The molecule has 100 valence electrons. The van der Waals surface area contributed by atoms with Crippen LogP contribution >= 0.6 is 11.6 Å². The van der Waals surface area contributed by atoms with Crippen LogP contribution in [0.25, 0.3) is 22.2 Å². The summed E-state index contributed by atoms with van der Waals surface area (Å²) in [5, 5.41) is 17.8. The van der Waals surface area contributed by atoms with Gasteiger partial charge in [-0.1, -0.05) is 11.6 Å². The number of pyridine rings is 1. The molecule has 0 amide bonds. The standard InChI is InChI=1S/C13H11ClN6/c1-16-12-7(8-6-20(2)19-10(8)3-15)4-17-13-11(12)9(14)5-18-13/h4-6H,1-2H3,(H2,16,17,18). The number of nitrogens with zero attached hydrogens (tertiary/aromatic N) is 4. The Hall–Kier alpha value is -2.52. The summed E-state index contributed by atoms with van der Waals surface area (Å²) >= 11 is 6.20. The molecular weight excluding hydrogens is 276 g/mol. The van der Waals surface area contributed by atoms with Crippen LogP contribution < -0.4 is 5.32 Å². The fourth-order valence-corrected chi connectivity index (χ4v) is 2.53. The van der Waals surface area contributed by atoms with Gasteiger partial charge in [-0.2, -0.15) is 10.4 Å². The summed E-state index contributed by atoms with van der Waals surface area (Å²) in [4.78, 5) is 7.35. The molecule has 0 fully saturated rings. The third-order valence-corrected chi connectivity index (χ3v) is 3.43. The zero-order valence-corrected chi connectivity index (χ0v) is 11.7. The average Bonchev–Trinajstić information content (AvgIpc) is 3.01. The number of nitrogens with one attached hydrogen (secondary N) is 2. The Bertz CT molecular complexity index is 839. The smallest absolute Gasteiger partial charge is 0.170 e. The van der Waals surface area contributed by atoms with Crippen molar-refractivity contribution in [3.05, 3.63) is 29.3 Å². The Balaban J connectivity index is 2.36. The highest BCUT2D eigenvalue weighted by Crippen LogP contribution is 2.37. The van der Waals surface area contributed by atoms with Gasteiger partial charge in [-0.3, -0.25) is 4.68 Å².